The third-order valence-electron chi connectivity index (χ3n) is 3.15. The second-order valence-corrected chi connectivity index (χ2v) is 5.84. The van der Waals surface area contributed by atoms with Crippen LogP contribution in [0.25, 0.3) is 0 Å². The van der Waals surface area contributed by atoms with E-state index in [1.54, 1.807) is 30.7 Å². The molecule has 0 bridgehead atoms. The van der Waals surface area contributed by atoms with Crippen molar-refractivity contribution in [1.29, 1.82) is 0 Å². The molecule has 0 aliphatic heterocycles. The van der Waals surface area contributed by atoms with Crippen molar-refractivity contribution < 1.29 is 13.9 Å². The van der Waals surface area contributed by atoms with Crippen molar-refractivity contribution in [2.45, 2.75) is 6.42 Å². The Bertz CT molecular complexity index is 633. The number of nitrogens with zero attached hydrogens (tertiary/aromatic N) is 1. The molecule has 0 aliphatic rings. The fourth-order valence-corrected chi connectivity index (χ4v) is 2.75. The summed E-state index contributed by atoms with van der Waals surface area (Å²) < 4.78 is 18.5. The van der Waals surface area contributed by atoms with Crippen molar-refractivity contribution in [2.75, 3.05) is 33.4 Å². The van der Waals surface area contributed by atoms with Gasteiger partial charge in [-0.3, -0.25) is 4.79 Å². The zero-order valence-corrected chi connectivity index (χ0v) is 13.8. The monoisotopic (exact) mass is 337 g/mol. The fourth-order valence-electron chi connectivity index (χ4n) is 1.96. The number of thiazole rings is 1. The van der Waals surface area contributed by atoms with Crippen molar-refractivity contribution in [2.24, 2.45) is 0 Å². The van der Waals surface area contributed by atoms with Gasteiger partial charge < -0.3 is 15.4 Å². The maximum absolute atomic E-state index is 13.6. The molecule has 0 spiro atoms. The van der Waals surface area contributed by atoms with Crippen molar-refractivity contribution >= 4 is 17.2 Å². The minimum atomic E-state index is -0.254. The summed E-state index contributed by atoms with van der Waals surface area (Å²) in [6, 6.07) is 6.59. The number of halogens is 1. The van der Waals surface area contributed by atoms with Gasteiger partial charge in [0.2, 0.25) is 0 Å². The highest BCUT2D eigenvalue weighted by molar-refractivity contribution is 7.09. The van der Waals surface area contributed by atoms with Crippen LogP contribution in [0.1, 0.15) is 21.1 Å². The second-order valence-electron chi connectivity index (χ2n) is 4.89. The molecular formula is C16H20FN3O2S. The van der Waals surface area contributed by atoms with Gasteiger partial charge in [-0.05, 0) is 11.6 Å². The summed E-state index contributed by atoms with van der Waals surface area (Å²) in [5.41, 5.74) is 0.953. The lowest BCUT2D eigenvalue weighted by Crippen LogP contribution is -2.33. The lowest BCUT2D eigenvalue weighted by molar-refractivity contribution is 0.0949. The number of carbonyl (C=O) groups excluding carboxylic acids is 1. The minimum Gasteiger partial charge on any atom is -0.383 e. The van der Waals surface area contributed by atoms with E-state index in [4.69, 9.17) is 4.74 Å². The number of nitrogens with one attached hydrogen (secondary N) is 2. The van der Waals surface area contributed by atoms with Crippen LogP contribution in [0.3, 0.4) is 0 Å². The van der Waals surface area contributed by atoms with E-state index in [9.17, 15) is 9.18 Å². The molecule has 23 heavy (non-hydrogen) atoms. The van der Waals surface area contributed by atoms with Crippen LogP contribution < -0.4 is 10.6 Å². The Morgan fingerprint density at radius 2 is 2.13 bits per heavy atom. The number of benzene rings is 1. The van der Waals surface area contributed by atoms with E-state index in [0.717, 1.165) is 11.6 Å². The molecule has 1 aromatic heterocycles. The number of amides is 1. The highest BCUT2D eigenvalue weighted by Crippen LogP contribution is 2.16. The van der Waals surface area contributed by atoms with E-state index in [1.807, 2.05) is 0 Å². The summed E-state index contributed by atoms with van der Waals surface area (Å²) in [4.78, 5) is 16.2. The molecule has 0 saturated carbocycles. The van der Waals surface area contributed by atoms with Crippen molar-refractivity contribution in [3.63, 3.8) is 0 Å². The molecule has 5 nitrogen and oxygen atoms in total. The quantitative estimate of drug-likeness (QED) is 0.686. The molecule has 1 heterocycles. The van der Waals surface area contributed by atoms with Gasteiger partial charge in [0.25, 0.3) is 5.91 Å². The molecule has 2 aromatic rings. The first-order valence-corrected chi connectivity index (χ1v) is 8.24. The molecule has 0 fully saturated rings. The summed E-state index contributed by atoms with van der Waals surface area (Å²) >= 11 is 1.36. The maximum Gasteiger partial charge on any atom is 0.270 e. The van der Waals surface area contributed by atoms with E-state index >= 15 is 0 Å². The first kappa shape index (κ1) is 17.5. The number of hydrogen-bond acceptors (Lipinski definition) is 5. The zero-order chi connectivity index (χ0) is 16.5. The molecule has 124 valence electrons. The fraction of sp³-hybridized carbons (Fsp3) is 0.375. The highest BCUT2D eigenvalue weighted by Gasteiger charge is 2.11. The van der Waals surface area contributed by atoms with E-state index in [1.165, 1.54) is 17.4 Å². The largest absolute Gasteiger partial charge is 0.383 e. The van der Waals surface area contributed by atoms with Crippen LogP contribution in [0.5, 0.6) is 0 Å². The van der Waals surface area contributed by atoms with Crippen LogP contribution in [0, 0.1) is 5.82 Å². The molecule has 2 N–H and O–H groups in total. The second kappa shape index (κ2) is 9.34. The van der Waals surface area contributed by atoms with E-state index in [2.05, 4.69) is 15.6 Å². The SMILES string of the molecule is COCCNCCNC(=O)c1csc(Cc2ccccc2F)n1. The first-order chi connectivity index (χ1) is 11.2. The number of methoxy groups -OCH3 is 1. The van der Waals surface area contributed by atoms with Crippen molar-refractivity contribution in [3.05, 3.63) is 51.7 Å². The van der Waals surface area contributed by atoms with Crippen LogP contribution >= 0.6 is 11.3 Å². The van der Waals surface area contributed by atoms with Gasteiger partial charge in [0.15, 0.2) is 0 Å². The third-order valence-corrected chi connectivity index (χ3v) is 4.00. The Morgan fingerprint density at radius 1 is 1.30 bits per heavy atom. The van der Waals surface area contributed by atoms with Gasteiger partial charge in [0, 0.05) is 38.5 Å². The number of hydrogen-bond donors (Lipinski definition) is 2. The van der Waals surface area contributed by atoms with E-state index in [-0.39, 0.29) is 11.7 Å². The van der Waals surface area contributed by atoms with Crippen molar-refractivity contribution in [3.8, 4) is 0 Å². The Morgan fingerprint density at radius 3 is 2.91 bits per heavy atom. The minimum absolute atomic E-state index is 0.213. The zero-order valence-electron chi connectivity index (χ0n) is 13.0. The standard InChI is InChI=1S/C16H20FN3O2S/c1-22-9-8-18-6-7-19-16(21)14-11-23-15(20-14)10-12-4-2-3-5-13(12)17/h2-5,11,18H,6-10H2,1H3,(H,19,21). The number of aromatic nitrogens is 1. The first-order valence-electron chi connectivity index (χ1n) is 7.36. The molecule has 0 unspecified atom stereocenters. The maximum atomic E-state index is 13.6. The topological polar surface area (TPSA) is 63.2 Å². The van der Waals surface area contributed by atoms with Crippen LogP contribution in [-0.2, 0) is 11.2 Å². The van der Waals surface area contributed by atoms with Crippen LogP contribution in [0.2, 0.25) is 0 Å². The molecule has 0 saturated heterocycles. The van der Waals surface area contributed by atoms with Gasteiger partial charge in [-0.1, -0.05) is 18.2 Å². The predicted molar refractivity (Wildman–Crippen MR) is 88.4 cm³/mol. The Labute approximate surface area is 138 Å². The molecule has 7 heteroatoms. The van der Waals surface area contributed by atoms with Crippen molar-refractivity contribution in [1.82, 2.24) is 15.6 Å². The molecule has 0 radical (unpaired) electrons. The summed E-state index contributed by atoms with van der Waals surface area (Å²) in [6.07, 6.45) is 0.392. The lowest BCUT2D eigenvalue weighted by Gasteiger charge is -2.05. The van der Waals surface area contributed by atoms with E-state index < -0.39 is 0 Å². The van der Waals surface area contributed by atoms with Gasteiger partial charge in [-0.15, -0.1) is 11.3 Å². The predicted octanol–water partition coefficient (Wildman–Crippen LogP) is 1.84. The number of carbonyl (C=O) groups is 1. The summed E-state index contributed by atoms with van der Waals surface area (Å²) in [5, 5.41) is 8.35. The molecule has 0 aliphatic carbocycles. The number of ether oxygens (including phenoxy) is 1. The summed E-state index contributed by atoms with van der Waals surface area (Å²) in [6.45, 7) is 2.57. The van der Waals surface area contributed by atoms with E-state index in [0.29, 0.717) is 37.4 Å². The normalized spacial score (nSPS) is 10.7. The Kier molecular flexibility index (Phi) is 7.12. The Balaban J connectivity index is 1.79. The van der Waals surface area contributed by atoms with Gasteiger partial charge in [0.05, 0.1) is 11.6 Å². The molecule has 0 atom stereocenters. The average Bonchev–Trinajstić information content (AvgIpc) is 3.01. The summed E-state index contributed by atoms with van der Waals surface area (Å²) in [5.74, 6) is -0.467. The summed E-state index contributed by atoms with van der Waals surface area (Å²) in [7, 11) is 1.64. The highest BCUT2D eigenvalue weighted by atomic mass is 32.1. The van der Waals surface area contributed by atoms with Gasteiger partial charge in [-0.25, -0.2) is 9.37 Å². The molecule has 2 rings (SSSR count). The van der Waals surface area contributed by atoms with Crippen LogP contribution in [-0.4, -0.2) is 44.2 Å². The third kappa shape index (κ3) is 5.70. The van der Waals surface area contributed by atoms with Crippen LogP contribution in [0.15, 0.2) is 29.6 Å². The van der Waals surface area contributed by atoms with Gasteiger partial charge in [0.1, 0.15) is 11.5 Å². The Hall–Kier alpha value is -1.83. The van der Waals surface area contributed by atoms with Gasteiger partial charge >= 0.3 is 0 Å². The average molecular weight is 337 g/mol. The molecule has 1 amide bonds. The smallest absolute Gasteiger partial charge is 0.270 e. The lowest BCUT2D eigenvalue weighted by atomic mass is 10.1. The van der Waals surface area contributed by atoms with Gasteiger partial charge in [-0.2, -0.15) is 0 Å². The number of rotatable bonds is 9. The molecular weight excluding hydrogens is 317 g/mol. The van der Waals surface area contributed by atoms with Crippen LogP contribution in [0.4, 0.5) is 4.39 Å². The molecule has 1 aromatic carbocycles.